The Hall–Kier alpha value is -2.63. The fraction of sp³-hybridized carbons (Fsp3) is 0.333. The first-order valence-corrected chi connectivity index (χ1v) is 10.4. The summed E-state index contributed by atoms with van der Waals surface area (Å²) in [6.45, 7) is 6.71. The lowest BCUT2D eigenvalue weighted by atomic mass is 9.94. The van der Waals surface area contributed by atoms with Gasteiger partial charge in [-0.1, -0.05) is 41.4 Å². The van der Waals surface area contributed by atoms with Crippen LogP contribution in [0.3, 0.4) is 0 Å². The van der Waals surface area contributed by atoms with Gasteiger partial charge in [0.2, 0.25) is 0 Å². The summed E-state index contributed by atoms with van der Waals surface area (Å²) < 4.78 is 5.58. The van der Waals surface area contributed by atoms with Gasteiger partial charge in [-0.15, -0.1) is 0 Å². The molecule has 1 fully saturated rings. The summed E-state index contributed by atoms with van der Waals surface area (Å²) in [6, 6.07) is 13.5. The Morgan fingerprint density at radius 1 is 1.10 bits per heavy atom. The third-order valence-electron chi connectivity index (χ3n) is 5.05. The molecule has 158 valence electrons. The van der Waals surface area contributed by atoms with Gasteiger partial charge in [-0.25, -0.2) is 0 Å². The number of ether oxygens (including phenoxy) is 1. The minimum atomic E-state index is -0.683. The average molecular weight is 428 g/mol. The first-order valence-electron chi connectivity index (χ1n) is 10.0. The van der Waals surface area contributed by atoms with Crippen LogP contribution in [0.2, 0.25) is 5.02 Å². The topological polar surface area (TPSA) is 66.8 Å². The van der Waals surface area contributed by atoms with Crippen LogP contribution in [-0.2, 0) is 14.3 Å². The van der Waals surface area contributed by atoms with E-state index < -0.39 is 17.7 Å². The number of carbonyl (C=O) groups excluding carboxylic acids is 2. The second kappa shape index (κ2) is 9.45. The smallest absolute Gasteiger partial charge is 0.295 e. The van der Waals surface area contributed by atoms with E-state index in [4.69, 9.17) is 16.3 Å². The number of amides is 1. The number of halogens is 1. The molecule has 1 saturated heterocycles. The Bertz CT molecular complexity index is 948. The number of ketones is 1. The van der Waals surface area contributed by atoms with Gasteiger partial charge in [-0.3, -0.25) is 9.59 Å². The Morgan fingerprint density at radius 3 is 2.33 bits per heavy atom. The predicted octanol–water partition coefficient (Wildman–Crippen LogP) is 4.89. The minimum Gasteiger partial charge on any atom is -0.507 e. The number of aryl methyl sites for hydroxylation is 1. The molecule has 1 atom stereocenters. The van der Waals surface area contributed by atoms with Gasteiger partial charge in [0.1, 0.15) is 5.76 Å². The highest BCUT2D eigenvalue weighted by Crippen LogP contribution is 2.39. The molecule has 0 unspecified atom stereocenters. The lowest BCUT2D eigenvalue weighted by Gasteiger charge is -2.25. The van der Waals surface area contributed by atoms with E-state index in [1.165, 1.54) is 4.90 Å². The molecule has 6 heteroatoms. The molecule has 1 N–H and O–H groups in total. The van der Waals surface area contributed by atoms with Crippen LogP contribution in [0.25, 0.3) is 5.76 Å². The van der Waals surface area contributed by atoms with E-state index >= 15 is 0 Å². The van der Waals surface area contributed by atoms with Crippen LogP contribution in [0.1, 0.15) is 43.0 Å². The van der Waals surface area contributed by atoms with Crippen LogP contribution < -0.4 is 0 Å². The van der Waals surface area contributed by atoms with E-state index in [-0.39, 0.29) is 17.4 Å². The first kappa shape index (κ1) is 22.1. The van der Waals surface area contributed by atoms with Gasteiger partial charge in [0, 0.05) is 23.7 Å². The molecule has 0 radical (unpaired) electrons. The Morgan fingerprint density at radius 2 is 1.73 bits per heavy atom. The molecule has 5 nitrogen and oxygen atoms in total. The van der Waals surface area contributed by atoms with E-state index in [2.05, 4.69) is 0 Å². The van der Waals surface area contributed by atoms with Gasteiger partial charge in [0.05, 0.1) is 17.7 Å². The summed E-state index contributed by atoms with van der Waals surface area (Å²) in [5.41, 5.74) is 2.38. The fourth-order valence-corrected chi connectivity index (χ4v) is 3.65. The highest BCUT2D eigenvalue weighted by Gasteiger charge is 2.45. The van der Waals surface area contributed by atoms with E-state index in [0.29, 0.717) is 30.2 Å². The zero-order valence-electron chi connectivity index (χ0n) is 17.4. The van der Waals surface area contributed by atoms with E-state index in [1.54, 1.807) is 24.3 Å². The maximum atomic E-state index is 12.9. The molecule has 0 aliphatic carbocycles. The lowest BCUT2D eigenvalue weighted by Crippen LogP contribution is -2.31. The monoisotopic (exact) mass is 427 g/mol. The maximum absolute atomic E-state index is 12.9. The number of benzene rings is 2. The van der Waals surface area contributed by atoms with Crippen LogP contribution in [0.5, 0.6) is 0 Å². The summed E-state index contributed by atoms with van der Waals surface area (Å²) in [7, 11) is 0. The van der Waals surface area contributed by atoms with Crippen molar-refractivity contribution in [2.75, 3.05) is 13.2 Å². The fourth-order valence-electron chi connectivity index (χ4n) is 3.52. The van der Waals surface area contributed by atoms with Crippen molar-refractivity contribution < 1.29 is 19.4 Å². The van der Waals surface area contributed by atoms with Gasteiger partial charge < -0.3 is 14.7 Å². The molecule has 30 heavy (non-hydrogen) atoms. The van der Waals surface area contributed by atoms with E-state index in [1.807, 2.05) is 45.0 Å². The number of nitrogens with zero attached hydrogens (tertiary/aromatic N) is 1. The molecular formula is C24H26ClNO4. The van der Waals surface area contributed by atoms with Crippen LogP contribution in [-0.4, -0.2) is 41.0 Å². The summed E-state index contributed by atoms with van der Waals surface area (Å²) in [5.74, 6) is -1.49. The van der Waals surface area contributed by atoms with Crippen molar-refractivity contribution in [2.24, 2.45) is 0 Å². The number of aliphatic hydroxyl groups is 1. The summed E-state index contributed by atoms with van der Waals surface area (Å²) in [5, 5.41) is 11.5. The second-order valence-electron chi connectivity index (χ2n) is 7.68. The highest BCUT2D eigenvalue weighted by molar-refractivity contribution is 6.46. The van der Waals surface area contributed by atoms with Gasteiger partial charge in [-0.2, -0.15) is 0 Å². The molecular weight excluding hydrogens is 402 g/mol. The Kier molecular flexibility index (Phi) is 6.95. The number of Topliss-reactive ketones (excluding diaryl/α,β-unsaturated/α-hetero) is 1. The van der Waals surface area contributed by atoms with Crippen molar-refractivity contribution in [2.45, 2.75) is 39.3 Å². The van der Waals surface area contributed by atoms with Crippen molar-refractivity contribution in [1.82, 2.24) is 4.90 Å². The van der Waals surface area contributed by atoms with Gasteiger partial charge >= 0.3 is 0 Å². The largest absolute Gasteiger partial charge is 0.507 e. The third-order valence-corrected chi connectivity index (χ3v) is 5.30. The van der Waals surface area contributed by atoms with Crippen molar-refractivity contribution in [3.05, 3.63) is 75.8 Å². The minimum absolute atomic E-state index is 0.0935. The average Bonchev–Trinajstić information content (AvgIpc) is 2.96. The Balaban J connectivity index is 2.01. The van der Waals surface area contributed by atoms with Crippen molar-refractivity contribution in [3.63, 3.8) is 0 Å². The second-order valence-corrected chi connectivity index (χ2v) is 8.12. The van der Waals surface area contributed by atoms with Crippen LogP contribution in [0.15, 0.2) is 54.1 Å². The normalized spacial score (nSPS) is 18.4. The van der Waals surface area contributed by atoms with Crippen molar-refractivity contribution >= 4 is 29.1 Å². The molecule has 0 saturated carbocycles. The molecule has 1 amide bonds. The number of hydrogen-bond donors (Lipinski definition) is 1. The number of rotatable bonds is 7. The standard InChI is InChI=1S/C24H26ClNO4/c1-15(2)30-14-4-13-26-21(17-7-5-16(3)6-8-17)20(23(28)24(26)29)22(27)18-9-11-19(25)12-10-18/h5-12,15,21,27H,4,13-14H2,1-3H3/t21-/m1/s1. The van der Waals surface area contributed by atoms with Crippen molar-refractivity contribution in [3.8, 4) is 0 Å². The van der Waals surface area contributed by atoms with E-state index in [0.717, 1.165) is 11.1 Å². The third kappa shape index (κ3) is 4.74. The number of hydrogen-bond acceptors (Lipinski definition) is 4. The Labute approximate surface area is 181 Å². The van der Waals surface area contributed by atoms with E-state index in [9.17, 15) is 14.7 Å². The molecule has 2 aromatic rings. The van der Waals surface area contributed by atoms with Gasteiger partial charge in [0.15, 0.2) is 0 Å². The lowest BCUT2D eigenvalue weighted by molar-refractivity contribution is -0.140. The quantitative estimate of drug-likeness (QED) is 0.296. The SMILES string of the molecule is Cc1ccc([C@@H]2C(=C(O)c3ccc(Cl)cc3)C(=O)C(=O)N2CCCOC(C)C)cc1. The van der Waals surface area contributed by atoms with Crippen LogP contribution in [0, 0.1) is 6.92 Å². The number of aliphatic hydroxyl groups excluding tert-OH is 1. The van der Waals surface area contributed by atoms with Crippen molar-refractivity contribution in [1.29, 1.82) is 0 Å². The molecule has 0 aromatic heterocycles. The zero-order chi connectivity index (χ0) is 21.8. The maximum Gasteiger partial charge on any atom is 0.295 e. The molecule has 1 heterocycles. The number of carbonyl (C=O) groups is 2. The van der Waals surface area contributed by atoms with Crippen LogP contribution in [0.4, 0.5) is 0 Å². The molecule has 2 aromatic carbocycles. The van der Waals surface area contributed by atoms with Crippen LogP contribution >= 0.6 is 11.6 Å². The first-order chi connectivity index (χ1) is 14.3. The molecule has 3 rings (SSSR count). The molecule has 1 aliphatic heterocycles. The summed E-state index contributed by atoms with van der Waals surface area (Å²) >= 11 is 5.94. The molecule has 0 spiro atoms. The summed E-state index contributed by atoms with van der Waals surface area (Å²) in [6.07, 6.45) is 0.687. The summed E-state index contributed by atoms with van der Waals surface area (Å²) in [4.78, 5) is 27.3. The molecule has 1 aliphatic rings. The predicted molar refractivity (Wildman–Crippen MR) is 117 cm³/mol. The highest BCUT2D eigenvalue weighted by atomic mass is 35.5. The van der Waals surface area contributed by atoms with Gasteiger partial charge in [0.25, 0.3) is 11.7 Å². The zero-order valence-corrected chi connectivity index (χ0v) is 18.1. The van der Waals surface area contributed by atoms with Gasteiger partial charge in [-0.05, 0) is 57.0 Å². The molecule has 0 bridgehead atoms. The number of likely N-dealkylation sites (tertiary alicyclic amines) is 1.